The lowest BCUT2D eigenvalue weighted by Gasteiger charge is -2.02. The third kappa shape index (κ3) is 4.20. The molecule has 0 bridgehead atoms. The number of rotatable bonds is 2. The first-order chi connectivity index (χ1) is 8.74. The monoisotopic (exact) mass is 245 g/mol. The average Bonchev–Trinajstić information content (AvgIpc) is 3.15. The highest BCUT2D eigenvalue weighted by atomic mass is 15.2. The number of nitrogen functional groups attached to an aromatic ring is 2. The van der Waals surface area contributed by atoms with E-state index in [9.17, 15) is 0 Å². The van der Waals surface area contributed by atoms with Gasteiger partial charge in [0.05, 0.1) is 0 Å². The smallest absolute Gasteiger partial charge is 0.229 e. The zero-order chi connectivity index (χ0) is 12.8. The van der Waals surface area contributed by atoms with Crippen molar-refractivity contribution < 1.29 is 0 Å². The molecule has 3 rings (SSSR count). The van der Waals surface area contributed by atoms with Crippen LogP contribution in [0.4, 0.5) is 17.8 Å². The summed E-state index contributed by atoms with van der Waals surface area (Å²) in [7, 11) is 0. The lowest BCUT2D eigenvalue weighted by molar-refractivity contribution is 1.02. The van der Waals surface area contributed by atoms with E-state index >= 15 is 0 Å². The van der Waals surface area contributed by atoms with Crippen molar-refractivity contribution >= 4 is 17.8 Å². The van der Waals surface area contributed by atoms with Gasteiger partial charge in [-0.2, -0.15) is 15.0 Å². The SMILES string of the molecule is Nc1nc(N)nc(NC2CC2)n1.c1ccncc1. The van der Waals surface area contributed by atoms with Gasteiger partial charge in [0.15, 0.2) is 0 Å². The van der Waals surface area contributed by atoms with Crippen LogP contribution >= 0.6 is 0 Å². The van der Waals surface area contributed by atoms with Crippen LogP contribution in [0.1, 0.15) is 12.8 Å². The summed E-state index contributed by atoms with van der Waals surface area (Å²) in [6.45, 7) is 0. The molecular formula is C11H15N7. The van der Waals surface area contributed by atoms with Crippen molar-refractivity contribution in [2.24, 2.45) is 0 Å². The van der Waals surface area contributed by atoms with Crippen LogP contribution in [0.5, 0.6) is 0 Å². The van der Waals surface area contributed by atoms with Gasteiger partial charge in [0.1, 0.15) is 0 Å². The van der Waals surface area contributed by atoms with Crippen molar-refractivity contribution in [3.63, 3.8) is 0 Å². The van der Waals surface area contributed by atoms with Crippen LogP contribution < -0.4 is 16.8 Å². The second kappa shape index (κ2) is 5.76. The van der Waals surface area contributed by atoms with Crippen LogP contribution in [0.15, 0.2) is 30.6 Å². The molecule has 1 aliphatic carbocycles. The van der Waals surface area contributed by atoms with Crippen molar-refractivity contribution in [1.82, 2.24) is 19.9 Å². The molecule has 0 spiro atoms. The van der Waals surface area contributed by atoms with Crippen molar-refractivity contribution in [1.29, 1.82) is 0 Å². The van der Waals surface area contributed by atoms with E-state index in [1.807, 2.05) is 18.2 Å². The first-order valence-corrected chi connectivity index (χ1v) is 5.62. The number of hydrogen-bond donors (Lipinski definition) is 3. The molecule has 1 saturated carbocycles. The van der Waals surface area contributed by atoms with Crippen LogP contribution in [0.25, 0.3) is 0 Å². The van der Waals surface area contributed by atoms with Gasteiger partial charge < -0.3 is 16.8 Å². The van der Waals surface area contributed by atoms with Crippen LogP contribution in [-0.4, -0.2) is 26.0 Å². The predicted octanol–water partition coefficient (Wildman–Crippen LogP) is 0.692. The molecule has 0 unspecified atom stereocenters. The van der Waals surface area contributed by atoms with Gasteiger partial charge in [0.25, 0.3) is 0 Å². The van der Waals surface area contributed by atoms with Crippen LogP contribution in [0, 0.1) is 0 Å². The second-order valence-electron chi connectivity index (χ2n) is 3.82. The average molecular weight is 245 g/mol. The second-order valence-corrected chi connectivity index (χ2v) is 3.82. The van der Waals surface area contributed by atoms with Gasteiger partial charge in [-0.1, -0.05) is 6.07 Å². The normalized spacial score (nSPS) is 13.3. The molecule has 7 heteroatoms. The van der Waals surface area contributed by atoms with E-state index in [2.05, 4.69) is 25.3 Å². The summed E-state index contributed by atoms with van der Waals surface area (Å²) in [6.07, 6.45) is 5.82. The van der Waals surface area contributed by atoms with Gasteiger partial charge in [0.2, 0.25) is 17.8 Å². The fourth-order valence-electron chi connectivity index (χ4n) is 1.20. The quantitative estimate of drug-likeness (QED) is 0.712. The van der Waals surface area contributed by atoms with E-state index < -0.39 is 0 Å². The fraction of sp³-hybridized carbons (Fsp3) is 0.273. The summed E-state index contributed by atoms with van der Waals surface area (Å²) < 4.78 is 0. The third-order valence-corrected chi connectivity index (χ3v) is 2.15. The third-order valence-electron chi connectivity index (χ3n) is 2.15. The number of pyridine rings is 1. The predicted molar refractivity (Wildman–Crippen MR) is 69.5 cm³/mol. The number of nitrogens with two attached hydrogens (primary N) is 2. The molecule has 0 saturated heterocycles. The molecule has 0 atom stereocenters. The summed E-state index contributed by atoms with van der Waals surface area (Å²) in [5.74, 6) is 0.791. The number of nitrogens with zero attached hydrogens (tertiary/aromatic N) is 4. The Hall–Kier alpha value is -2.44. The van der Waals surface area contributed by atoms with Gasteiger partial charge in [-0.3, -0.25) is 4.98 Å². The van der Waals surface area contributed by atoms with E-state index in [0.717, 1.165) is 12.8 Å². The Morgan fingerprint density at radius 1 is 0.944 bits per heavy atom. The largest absolute Gasteiger partial charge is 0.368 e. The van der Waals surface area contributed by atoms with E-state index in [0.29, 0.717) is 12.0 Å². The summed E-state index contributed by atoms with van der Waals surface area (Å²) in [5.41, 5.74) is 10.7. The van der Waals surface area contributed by atoms with Gasteiger partial charge in [-0.05, 0) is 25.0 Å². The molecule has 1 fully saturated rings. The molecule has 0 aromatic carbocycles. The highest BCUT2D eigenvalue weighted by Crippen LogP contribution is 2.22. The zero-order valence-corrected chi connectivity index (χ0v) is 9.82. The molecule has 2 heterocycles. The molecular weight excluding hydrogens is 230 g/mol. The lowest BCUT2D eigenvalue weighted by Crippen LogP contribution is -2.10. The minimum Gasteiger partial charge on any atom is -0.368 e. The van der Waals surface area contributed by atoms with E-state index in [4.69, 9.17) is 11.5 Å². The van der Waals surface area contributed by atoms with E-state index in [-0.39, 0.29) is 11.9 Å². The van der Waals surface area contributed by atoms with Crippen molar-refractivity contribution in [2.75, 3.05) is 16.8 Å². The number of aromatic nitrogens is 4. The Morgan fingerprint density at radius 2 is 1.56 bits per heavy atom. The molecule has 94 valence electrons. The maximum Gasteiger partial charge on any atom is 0.229 e. The molecule has 2 aromatic rings. The molecule has 0 aliphatic heterocycles. The molecule has 2 aromatic heterocycles. The molecule has 1 aliphatic rings. The maximum atomic E-state index is 5.37. The first-order valence-electron chi connectivity index (χ1n) is 5.62. The van der Waals surface area contributed by atoms with Crippen LogP contribution in [0.2, 0.25) is 0 Å². The van der Waals surface area contributed by atoms with E-state index in [1.54, 1.807) is 12.4 Å². The van der Waals surface area contributed by atoms with E-state index in [1.165, 1.54) is 0 Å². The number of nitrogens with one attached hydrogen (secondary N) is 1. The van der Waals surface area contributed by atoms with Gasteiger partial charge in [-0.25, -0.2) is 0 Å². The molecule has 18 heavy (non-hydrogen) atoms. The van der Waals surface area contributed by atoms with Gasteiger partial charge in [-0.15, -0.1) is 0 Å². The summed E-state index contributed by atoms with van der Waals surface area (Å²) >= 11 is 0. The van der Waals surface area contributed by atoms with Crippen molar-refractivity contribution in [2.45, 2.75) is 18.9 Å². The summed E-state index contributed by atoms with van der Waals surface area (Å²) in [4.78, 5) is 15.2. The Morgan fingerprint density at radius 3 is 1.94 bits per heavy atom. The summed E-state index contributed by atoms with van der Waals surface area (Å²) in [5, 5.41) is 3.08. The highest BCUT2D eigenvalue weighted by molar-refractivity contribution is 5.38. The highest BCUT2D eigenvalue weighted by Gasteiger charge is 2.22. The molecule has 0 amide bonds. The number of hydrogen-bond acceptors (Lipinski definition) is 7. The minimum absolute atomic E-state index is 0.158. The maximum absolute atomic E-state index is 5.37. The Balaban J connectivity index is 0.000000169. The Kier molecular flexibility index (Phi) is 3.85. The topological polar surface area (TPSA) is 116 Å². The lowest BCUT2D eigenvalue weighted by atomic mass is 10.5. The molecule has 7 nitrogen and oxygen atoms in total. The zero-order valence-electron chi connectivity index (χ0n) is 9.82. The first kappa shape index (κ1) is 12.0. The number of anilines is 3. The summed E-state index contributed by atoms with van der Waals surface area (Å²) in [6, 6.07) is 6.21. The van der Waals surface area contributed by atoms with Crippen LogP contribution in [-0.2, 0) is 0 Å². The fourth-order valence-corrected chi connectivity index (χ4v) is 1.20. The van der Waals surface area contributed by atoms with Crippen molar-refractivity contribution in [3.05, 3.63) is 30.6 Å². The molecule has 5 N–H and O–H groups in total. The standard InChI is InChI=1S/C6H10N6.C5H5N/c7-4-10-5(8)12-6(11-4)9-3-1-2-3;1-2-4-6-5-3-1/h3H,1-2H2,(H5,7,8,9,10,11,12);1-5H. The minimum atomic E-state index is 0.158. The van der Waals surface area contributed by atoms with Gasteiger partial charge >= 0.3 is 0 Å². The van der Waals surface area contributed by atoms with Gasteiger partial charge in [0, 0.05) is 18.4 Å². The molecule has 0 radical (unpaired) electrons. The Bertz CT molecular complexity index is 437. The van der Waals surface area contributed by atoms with Crippen LogP contribution in [0.3, 0.4) is 0 Å². The Labute approximate surface area is 105 Å². The van der Waals surface area contributed by atoms with Crippen molar-refractivity contribution in [3.8, 4) is 0 Å².